The minimum atomic E-state index is -0.502. The second-order valence-electron chi connectivity index (χ2n) is 7.03. The fraction of sp³-hybridized carbons (Fsp3) is 0.500. The van der Waals surface area contributed by atoms with Gasteiger partial charge in [0, 0.05) is 6.54 Å². The van der Waals surface area contributed by atoms with Gasteiger partial charge >= 0.3 is 0 Å². The first kappa shape index (κ1) is 19.6. The summed E-state index contributed by atoms with van der Waals surface area (Å²) in [6.45, 7) is 2.49. The average molecular weight is 387 g/mol. The van der Waals surface area contributed by atoms with Crippen LogP contribution in [0.4, 0.5) is 4.79 Å². The van der Waals surface area contributed by atoms with E-state index in [4.69, 9.17) is 0 Å². The lowest BCUT2D eigenvalue weighted by atomic mass is 9.84. The maximum absolute atomic E-state index is 12.2. The van der Waals surface area contributed by atoms with Crippen LogP contribution in [0.15, 0.2) is 52.0 Å². The summed E-state index contributed by atoms with van der Waals surface area (Å²) in [5, 5.41) is 13.5. The van der Waals surface area contributed by atoms with E-state index < -0.39 is 5.37 Å². The van der Waals surface area contributed by atoms with Crippen LogP contribution in [0, 0.1) is 5.92 Å². The van der Waals surface area contributed by atoms with Gasteiger partial charge in [0.05, 0.1) is 6.42 Å². The van der Waals surface area contributed by atoms with E-state index in [0.717, 1.165) is 35.7 Å². The fourth-order valence-corrected chi connectivity index (χ4v) is 4.17. The number of hydrogen-bond acceptors (Lipinski definition) is 5. The van der Waals surface area contributed by atoms with Crippen molar-refractivity contribution in [1.29, 1.82) is 0 Å². The molecular weight excluding hydrogens is 360 g/mol. The van der Waals surface area contributed by atoms with Crippen molar-refractivity contribution in [2.75, 3.05) is 0 Å². The Hall–Kier alpha value is -2.15. The Morgan fingerprint density at radius 3 is 2.70 bits per heavy atom. The molecule has 1 aliphatic heterocycles. The molecule has 0 bridgehead atoms. The van der Waals surface area contributed by atoms with E-state index in [1.807, 2.05) is 37.3 Å². The van der Waals surface area contributed by atoms with Crippen molar-refractivity contribution in [3.63, 3.8) is 0 Å². The van der Waals surface area contributed by atoms with Crippen molar-refractivity contribution >= 4 is 22.9 Å². The highest BCUT2D eigenvalue weighted by molar-refractivity contribution is 8.14. The number of benzene rings is 1. The van der Waals surface area contributed by atoms with Gasteiger partial charge in [-0.15, -0.1) is 5.11 Å². The van der Waals surface area contributed by atoms with Gasteiger partial charge in [-0.3, -0.25) is 14.9 Å². The van der Waals surface area contributed by atoms with Crippen LogP contribution in [0.5, 0.6) is 0 Å². The van der Waals surface area contributed by atoms with Crippen molar-refractivity contribution in [3.05, 3.63) is 47.3 Å². The highest BCUT2D eigenvalue weighted by Crippen LogP contribution is 2.32. The number of thioether (sulfide) groups is 1. The minimum absolute atomic E-state index is 0.129. The molecule has 6 nitrogen and oxygen atoms in total. The number of azo groups is 1. The van der Waals surface area contributed by atoms with E-state index in [0.29, 0.717) is 18.3 Å². The van der Waals surface area contributed by atoms with Crippen molar-refractivity contribution in [2.24, 2.45) is 16.1 Å². The summed E-state index contributed by atoms with van der Waals surface area (Å²) in [5.74, 6) is 0.884. The van der Waals surface area contributed by atoms with Crippen LogP contribution in [0.25, 0.3) is 0 Å². The molecule has 1 aromatic rings. The maximum Gasteiger partial charge on any atom is 0.286 e. The number of amides is 2. The van der Waals surface area contributed by atoms with Gasteiger partial charge in [-0.05, 0) is 48.6 Å². The number of hydrogen-bond donors (Lipinski definition) is 2. The highest BCUT2D eigenvalue weighted by Gasteiger charge is 2.25. The quantitative estimate of drug-likeness (QED) is 0.767. The summed E-state index contributed by atoms with van der Waals surface area (Å²) in [6, 6.07) is 9.72. The van der Waals surface area contributed by atoms with Crippen molar-refractivity contribution in [2.45, 2.75) is 57.4 Å². The van der Waals surface area contributed by atoms with Gasteiger partial charge in [-0.25, -0.2) is 0 Å². The molecule has 1 heterocycles. The van der Waals surface area contributed by atoms with Gasteiger partial charge in [0.25, 0.3) is 5.24 Å². The van der Waals surface area contributed by atoms with Gasteiger partial charge in [0.1, 0.15) is 5.37 Å². The molecular formula is C20H26N4O2S. The fourth-order valence-electron chi connectivity index (χ4n) is 3.44. The third-order valence-electron chi connectivity index (χ3n) is 5.03. The van der Waals surface area contributed by atoms with Crippen LogP contribution >= 0.6 is 11.8 Å². The number of rotatable bonds is 5. The normalized spacial score (nSPS) is 22.7. The molecule has 2 N–H and O–H groups in total. The molecule has 7 heteroatoms. The Kier molecular flexibility index (Phi) is 7.04. The third-order valence-corrected chi connectivity index (χ3v) is 5.88. The predicted octanol–water partition coefficient (Wildman–Crippen LogP) is 4.74. The van der Waals surface area contributed by atoms with Gasteiger partial charge in [0.15, 0.2) is 5.82 Å². The SMILES string of the molecule is C/C(=C1/N=NC(CC(=O)NCc2ccccc2)SC(=O)N1)C1CCCCC1. The Morgan fingerprint density at radius 1 is 1.22 bits per heavy atom. The molecule has 0 aromatic heterocycles. The van der Waals surface area contributed by atoms with Crippen molar-refractivity contribution < 1.29 is 9.59 Å². The molecule has 1 aliphatic carbocycles. The Bertz CT molecular complexity index is 727. The molecule has 1 fully saturated rings. The number of nitrogens with zero attached hydrogens (tertiary/aromatic N) is 2. The monoisotopic (exact) mass is 386 g/mol. The van der Waals surface area contributed by atoms with E-state index in [1.165, 1.54) is 19.3 Å². The summed E-state index contributed by atoms with van der Waals surface area (Å²) in [6.07, 6.45) is 6.13. The van der Waals surface area contributed by atoms with Crippen LogP contribution in [0.1, 0.15) is 51.0 Å². The van der Waals surface area contributed by atoms with E-state index in [9.17, 15) is 9.59 Å². The van der Waals surface area contributed by atoms with E-state index >= 15 is 0 Å². The second-order valence-corrected chi connectivity index (χ2v) is 8.18. The Balaban J connectivity index is 1.58. The molecule has 1 atom stereocenters. The summed E-state index contributed by atoms with van der Waals surface area (Å²) in [5.41, 5.74) is 2.13. The lowest BCUT2D eigenvalue weighted by Gasteiger charge is -2.23. The zero-order valence-corrected chi connectivity index (χ0v) is 16.4. The molecule has 144 valence electrons. The lowest BCUT2D eigenvalue weighted by molar-refractivity contribution is -0.121. The molecule has 2 amide bonds. The van der Waals surface area contributed by atoms with Crippen LogP contribution in [-0.4, -0.2) is 16.5 Å². The summed E-state index contributed by atoms with van der Waals surface area (Å²) in [7, 11) is 0. The van der Waals surface area contributed by atoms with Crippen molar-refractivity contribution in [1.82, 2.24) is 10.6 Å². The summed E-state index contributed by atoms with van der Waals surface area (Å²) < 4.78 is 0. The van der Waals surface area contributed by atoms with Crippen LogP contribution in [0.2, 0.25) is 0 Å². The highest BCUT2D eigenvalue weighted by atomic mass is 32.2. The summed E-state index contributed by atoms with van der Waals surface area (Å²) in [4.78, 5) is 24.4. The van der Waals surface area contributed by atoms with E-state index in [1.54, 1.807) is 0 Å². The second kappa shape index (κ2) is 9.69. The largest absolute Gasteiger partial charge is 0.352 e. The first-order valence-electron chi connectivity index (χ1n) is 9.51. The number of carbonyl (C=O) groups is 2. The molecule has 27 heavy (non-hydrogen) atoms. The smallest absolute Gasteiger partial charge is 0.286 e. The maximum atomic E-state index is 12.2. The number of nitrogens with one attached hydrogen (secondary N) is 2. The first-order chi connectivity index (χ1) is 13.1. The van der Waals surface area contributed by atoms with Crippen LogP contribution < -0.4 is 10.6 Å². The van der Waals surface area contributed by atoms with Gasteiger partial charge in [-0.1, -0.05) is 49.6 Å². The zero-order valence-electron chi connectivity index (χ0n) is 15.6. The van der Waals surface area contributed by atoms with Crippen molar-refractivity contribution in [3.8, 4) is 0 Å². The lowest BCUT2D eigenvalue weighted by Crippen LogP contribution is -2.26. The van der Waals surface area contributed by atoms with E-state index in [-0.39, 0.29) is 17.6 Å². The summed E-state index contributed by atoms with van der Waals surface area (Å²) >= 11 is 1.02. The zero-order chi connectivity index (χ0) is 19.1. The van der Waals surface area contributed by atoms with Crippen LogP contribution in [0.3, 0.4) is 0 Å². The third kappa shape index (κ3) is 5.92. The number of carbonyl (C=O) groups excluding carboxylic acids is 2. The van der Waals surface area contributed by atoms with Gasteiger partial charge in [-0.2, -0.15) is 5.11 Å². The molecule has 2 aliphatic rings. The molecule has 3 rings (SSSR count). The molecule has 0 saturated heterocycles. The Labute approximate surface area is 164 Å². The van der Waals surface area contributed by atoms with Gasteiger partial charge in [0.2, 0.25) is 5.91 Å². The molecule has 1 unspecified atom stereocenters. The minimum Gasteiger partial charge on any atom is -0.352 e. The molecule has 1 saturated carbocycles. The molecule has 1 aromatic carbocycles. The average Bonchev–Trinajstić information content (AvgIpc) is 2.88. The Morgan fingerprint density at radius 2 is 1.96 bits per heavy atom. The standard InChI is InChI=1S/C20H26N4O2S/c1-14(16-10-6-3-7-11-16)19-22-20(26)27-18(23-24-19)12-17(25)21-13-15-8-4-2-5-9-15/h2,4-5,8-9,16,18H,3,6-7,10-13H2,1H3,(H,21,25)(H,22,26)/b19-14-. The van der Waals surface area contributed by atoms with Crippen LogP contribution in [-0.2, 0) is 11.3 Å². The topological polar surface area (TPSA) is 82.9 Å². The number of allylic oxidation sites excluding steroid dienone is 1. The van der Waals surface area contributed by atoms with E-state index in [2.05, 4.69) is 20.9 Å². The predicted molar refractivity (Wildman–Crippen MR) is 107 cm³/mol. The molecule has 0 radical (unpaired) electrons. The molecule has 0 spiro atoms. The van der Waals surface area contributed by atoms with Gasteiger partial charge < -0.3 is 5.32 Å². The first-order valence-corrected chi connectivity index (χ1v) is 10.4.